The molecule has 22 heavy (non-hydrogen) atoms. The third-order valence-corrected chi connectivity index (χ3v) is 4.32. The van der Waals surface area contributed by atoms with Crippen molar-refractivity contribution in [3.63, 3.8) is 0 Å². The fourth-order valence-electron chi connectivity index (χ4n) is 2.33. The second-order valence-electron chi connectivity index (χ2n) is 5.09. The highest BCUT2D eigenvalue weighted by Gasteiger charge is 2.10. The minimum absolute atomic E-state index is 0.275. The van der Waals surface area contributed by atoms with E-state index in [9.17, 15) is 4.79 Å². The molecule has 0 radical (unpaired) electrons. The highest BCUT2D eigenvalue weighted by molar-refractivity contribution is 7.22. The number of nitrogens with zero attached hydrogens (tertiary/aromatic N) is 1. The van der Waals surface area contributed by atoms with Gasteiger partial charge in [0.1, 0.15) is 0 Å². The van der Waals surface area contributed by atoms with E-state index in [4.69, 9.17) is 0 Å². The first-order valence-electron chi connectivity index (χ1n) is 7.19. The number of anilines is 2. The predicted octanol–water partition coefficient (Wildman–Crippen LogP) is 4.81. The van der Waals surface area contributed by atoms with Gasteiger partial charge in [-0.3, -0.25) is 5.32 Å². The van der Waals surface area contributed by atoms with E-state index in [0.29, 0.717) is 5.13 Å². The lowest BCUT2D eigenvalue weighted by molar-refractivity contribution is 0.262. The maximum atomic E-state index is 12.1. The molecule has 5 heteroatoms. The van der Waals surface area contributed by atoms with Gasteiger partial charge >= 0.3 is 6.03 Å². The van der Waals surface area contributed by atoms with Crippen LogP contribution in [0.25, 0.3) is 10.2 Å². The van der Waals surface area contributed by atoms with Crippen molar-refractivity contribution in [1.82, 2.24) is 4.98 Å². The molecular formula is C17H17N3OS. The number of carbonyl (C=O) groups is 1. The molecule has 0 saturated heterocycles. The van der Waals surface area contributed by atoms with Gasteiger partial charge in [0.15, 0.2) is 5.13 Å². The third kappa shape index (κ3) is 3.09. The van der Waals surface area contributed by atoms with E-state index >= 15 is 0 Å². The molecule has 0 spiro atoms. The van der Waals surface area contributed by atoms with Gasteiger partial charge in [0.25, 0.3) is 0 Å². The van der Waals surface area contributed by atoms with Gasteiger partial charge in [0.05, 0.1) is 10.2 Å². The number of aromatic nitrogens is 1. The number of benzene rings is 2. The number of aryl methyl sites for hydroxylation is 2. The highest BCUT2D eigenvalue weighted by Crippen LogP contribution is 2.28. The minimum atomic E-state index is -0.275. The van der Waals surface area contributed by atoms with Gasteiger partial charge in [-0.25, -0.2) is 9.78 Å². The van der Waals surface area contributed by atoms with Gasteiger partial charge in [-0.2, -0.15) is 0 Å². The average Bonchev–Trinajstić information content (AvgIpc) is 2.89. The van der Waals surface area contributed by atoms with E-state index in [-0.39, 0.29) is 6.03 Å². The summed E-state index contributed by atoms with van der Waals surface area (Å²) in [5.74, 6) is 0. The van der Waals surface area contributed by atoms with Crippen molar-refractivity contribution in [2.45, 2.75) is 20.3 Å². The summed E-state index contributed by atoms with van der Waals surface area (Å²) in [7, 11) is 0. The second-order valence-corrected chi connectivity index (χ2v) is 6.12. The van der Waals surface area contributed by atoms with Crippen molar-refractivity contribution in [1.29, 1.82) is 0 Å². The number of carbonyl (C=O) groups excluding carboxylic acids is 1. The summed E-state index contributed by atoms with van der Waals surface area (Å²) in [4.78, 5) is 16.6. The van der Waals surface area contributed by atoms with Crippen molar-refractivity contribution < 1.29 is 4.79 Å². The summed E-state index contributed by atoms with van der Waals surface area (Å²) >= 11 is 1.49. The molecule has 0 fully saturated rings. The minimum Gasteiger partial charge on any atom is -0.308 e. The number of rotatable bonds is 3. The quantitative estimate of drug-likeness (QED) is 0.729. The fourth-order valence-corrected chi connectivity index (χ4v) is 3.24. The van der Waals surface area contributed by atoms with Crippen molar-refractivity contribution in [3.05, 3.63) is 53.6 Å². The third-order valence-electron chi connectivity index (χ3n) is 3.38. The Morgan fingerprint density at radius 2 is 2.00 bits per heavy atom. The average molecular weight is 311 g/mol. The summed E-state index contributed by atoms with van der Waals surface area (Å²) in [5, 5.41) is 6.24. The molecule has 0 saturated carbocycles. The van der Waals surface area contributed by atoms with Crippen LogP contribution in [0.1, 0.15) is 18.1 Å². The fraction of sp³-hybridized carbons (Fsp3) is 0.176. The normalized spacial score (nSPS) is 10.6. The molecule has 2 amide bonds. The molecule has 2 aromatic carbocycles. The molecule has 0 unspecified atom stereocenters. The number of para-hydroxylation sites is 1. The molecule has 1 heterocycles. The molecule has 4 nitrogen and oxygen atoms in total. The van der Waals surface area contributed by atoms with Crippen LogP contribution in [0.3, 0.4) is 0 Å². The van der Waals surface area contributed by atoms with Crippen LogP contribution in [0.15, 0.2) is 42.5 Å². The zero-order valence-corrected chi connectivity index (χ0v) is 13.3. The van der Waals surface area contributed by atoms with Crippen LogP contribution < -0.4 is 10.6 Å². The van der Waals surface area contributed by atoms with Crippen molar-refractivity contribution in [2.75, 3.05) is 10.6 Å². The number of fused-ring (bicyclic) bond motifs is 1. The van der Waals surface area contributed by atoms with E-state index < -0.39 is 0 Å². The first-order valence-corrected chi connectivity index (χ1v) is 8.00. The van der Waals surface area contributed by atoms with Crippen LogP contribution in [0.2, 0.25) is 0 Å². The molecule has 112 valence electrons. The van der Waals surface area contributed by atoms with E-state index in [1.807, 2.05) is 43.3 Å². The molecule has 0 bridgehead atoms. The Morgan fingerprint density at radius 1 is 1.18 bits per heavy atom. The Hall–Kier alpha value is -2.40. The summed E-state index contributed by atoms with van der Waals surface area (Å²) in [6.07, 6.45) is 0.927. The van der Waals surface area contributed by atoms with Crippen molar-refractivity contribution >= 4 is 38.4 Å². The lowest BCUT2D eigenvalue weighted by Crippen LogP contribution is -2.19. The maximum Gasteiger partial charge on any atom is 0.325 e. The van der Waals surface area contributed by atoms with Gasteiger partial charge < -0.3 is 5.32 Å². The first-order chi connectivity index (χ1) is 10.7. The van der Waals surface area contributed by atoms with Crippen LogP contribution in [0.4, 0.5) is 15.6 Å². The molecule has 1 aromatic heterocycles. The Labute approximate surface area is 133 Å². The number of nitrogens with one attached hydrogen (secondary N) is 2. The summed E-state index contributed by atoms with van der Waals surface area (Å²) in [6.45, 7) is 4.09. The summed E-state index contributed by atoms with van der Waals surface area (Å²) in [5.41, 5.74) is 4.04. The zero-order valence-electron chi connectivity index (χ0n) is 12.5. The number of hydrogen-bond acceptors (Lipinski definition) is 3. The summed E-state index contributed by atoms with van der Waals surface area (Å²) in [6, 6.07) is 13.5. The molecule has 0 atom stereocenters. The zero-order chi connectivity index (χ0) is 15.5. The Bertz CT molecular complexity index is 826. The molecule has 3 aromatic rings. The Kier molecular flexibility index (Phi) is 4.06. The highest BCUT2D eigenvalue weighted by atomic mass is 32.1. The number of urea groups is 1. The topological polar surface area (TPSA) is 54.0 Å². The van der Waals surface area contributed by atoms with Crippen molar-refractivity contribution in [2.24, 2.45) is 0 Å². The van der Waals surface area contributed by atoms with Crippen LogP contribution in [-0.2, 0) is 6.42 Å². The molecule has 2 N–H and O–H groups in total. The number of thiazole rings is 1. The van der Waals surface area contributed by atoms with Crippen LogP contribution in [0.5, 0.6) is 0 Å². The lowest BCUT2D eigenvalue weighted by atomic mass is 10.1. The monoisotopic (exact) mass is 311 g/mol. The molecule has 0 aliphatic carbocycles. The largest absolute Gasteiger partial charge is 0.325 e. The molecular weight excluding hydrogens is 294 g/mol. The van der Waals surface area contributed by atoms with E-state index in [1.54, 1.807) is 0 Å². The maximum absolute atomic E-state index is 12.1. The van der Waals surface area contributed by atoms with Gasteiger partial charge in [0, 0.05) is 5.69 Å². The SMILES string of the molecule is CCc1cccc2sc(NC(=O)Nc3cccc(C)c3)nc12. The smallest absolute Gasteiger partial charge is 0.308 e. The summed E-state index contributed by atoms with van der Waals surface area (Å²) < 4.78 is 1.09. The Morgan fingerprint density at radius 3 is 2.77 bits per heavy atom. The first kappa shape index (κ1) is 14.5. The molecule has 3 rings (SSSR count). The number of amides is 2. The van der Waals surface area contributed by atoms with Gasteiger partial charge in [-0.15, -0.1) is 0 Å². The van der Waals surface area contributed by atoms with Crippen molar-refractivity contribution in [3.8, 4) is 0 Å². The van der Waals surface area contributed by atoms with E-state index in [0.717, 1.165) is 27.9 Å². The number of hydrogen-bond donors (Lipinski definition) is 2. The molecule has 0 aliphatic heterocycles. The molecule has 0 aliphatic rings. The van der Waals surface area contributed by atoms with Crippen LogP contribution >= 0.6 is 11.3 Å². The van der Waals surface area contributed by atoms with Crippen LogP contribution in [0, 0.1) is 6.92 Å². The van der Waals surface area contributed by atoms with Gasteiger partial charge in [-0.1, -0.05) is 42.5 Å². The lowest BCUT2D eigenvalue weighted by Gasteiger charge is -2.05. The van der Waals surface area contributed by atoms with E-state index in [2.05, 4.69) is 28.6 Å². The second kappa shape index (κ2) is 6.15. The van der Waals surface area contributed by atoms with Gasteiger partial charge in [0.2, 0.25) is 0 Å². The standard InChI is InChI=1S/C17H17N3OS/c1-3-12-7-5-9-14-15(12)19-17(22-14)20-16(21)18-13-8-4-6-11(2)10-13/h4-10H,3H2,1-2H3,(H2,18,19,20,21). The van der Waals surface area contributed by atoms with Gasteiger partial charge in [-0.05, 0) is 42.7 Å². The van der Waals surface area contributed by atoms with E-state index in [1.165, 1.54) is 16.9 Å². The predicted molar refractivity (Wildman–Crippen MR) is 92.8 cm³/mol. The Balaban J connectivity index is 1.76. The van der Waals surface area contributed by atoms with Crippen LogP contribution in [-0.4, -0.2) is 11.0 Å².